The van der Waals surface area contributed by atoms with Gasteiger partial charge in [-0.15, -0.1) is 0 Å². The predicted molar refractivity (Wildman–Crippen MR) is 68.9 cm³/mol. The van der Waals surface area contributed by atoms with E-state index in [0.717, 1.165) is 30.5 Å². The number of anilines is 1. The molecule has 1 aliphatic carbocycles. The highest BCUT2D eigenvalue weighted by molar-refractivity contribution is 5.48. The van der Waals surface area contributed by atoms with Crippen molar-refractivity contribution in [2.75, 3.05) is 5.32 Å². The van der Waals surface area contributed by atoms with Crippen LogP contribution in [-0.4, -0.2) is 9.78 Å². The van der Waals surface area contributed by atoms with E-state index in [9.17, 15) is 8.78 Å². The number of para-hydroxylation sites is 1. The number of hydrogen-bond acceptors (Lipinski definition) is 2. The third-order valence-electron chi connectivity index (χ3n) is 3.66. The first-order valence-electron chi connectivity index (χ1n) is 6.38. The van der Waals surface area contributed by atoms with Gasteiger partial charge in [-0.25, -0.2) is 8.78 Å². The first kappa shape index (κ1) is 12.1. The number of fused-ring (bicyclic) bond motifs is 1. The van der Waals surface area contributed by atoms with Crippen molar-refractivity contribution < 1.29 is 8.78 Å². The summed E-state index contributed by atoms with van der Waals surface area (Å²) in [6.45, 7) is 0. The largest absolute Gasteiger partial charge is 0.373 e. The monoisotopic (exact) mass is 263 g/mol. The van der Waals surface area contributed by atoms with Gasteiger partial charge < -0.3 is 5.32 Å². The Balaban J connectivity index is 1.93. The summed E-state index contributed by atoms with van der Waals surface area (Å²) in [5, 5.41) is 7.21. The zero-order valence-corrected chi connectivity index (χ0v) is 10.7. The molecule has 0 saturated heterocycles. The Kier molecular flexibility index (Phi) is 2.97. The van der Waals surface area contributed by atoms with Crippen molar-refractivity contribution in [2.45, 2.75) is 25.3 Å². The lowest BCUT2D eigenvalue weighted by Crippen LogP contribution is -2.19. The van der Waals surface area contributed by atoms with E-state index in [1.165, 1.54) is 18.2 Å². The fourth-order valence-electron chi connectivity index (χ4n) is 2.67. The summed E-state index contributed by atoms with van der Waals surface area (Å²) < 4.78 is 29.2. The second-order valence-corrected chi connectivity index (χ2v) is 4.86. The average molecular weight is 263 g/mol. The van der Waals surface area contributed by atoms with Crippen LogP contribution in [0.15, 0.2) is 24.4 Å². The number of nitrogens with zero attached hydrogens (tertiary/aromatic N) is 2. The molecule has 19 heavy (non-hydrogen) atoms. The standard InChI is InChI=1S/C14H15F2N3/c1-19-13-7-3-6-12(9(13)8-17-19)18-14-10(15)4-2-5-11(14)16/h2,4-5,8,12,18H,3,6-7H2,1H3. The smallest absolute Gasteiger partial charge is 0.149 e. The highest BCUT2D eigenvalue weighted by Gasteiger charge is 2.24. The van der Waals surface area contributed by atoms with E-state index in [-0.39, 0.29) is 11.7 Å². The van der Waals surface area contributed by atoms with Gasteiger partial charge in [0.1, 0.15) is 17.3 Å². The fraction of sp³-hybridized carbons (Fsp3) is 0.357. The van der Waals surface area contributed by atoms with Crippen LogP contribution < -0.4 is 5.32 Å². The molecule has 3 rings (SSSR count). The van der Waals surface area contributed by atoms with Crippen LogP contribution in [0.3, 0.4) is 0 Å². The molecule has 1 N–H and O–H groups in total. The molecule has 0 amide bonds. The first-order chi connectivity index (χ1) is 9.16. The second-order valence-electron chi connectivity index (χ2n) is 4.86. The Bertz CT molecular complexity index is 586. The number of hydrogen-bond donors (Lipinski definition) is 1. The molecule has 1 atom stereocenters. The first-order valence-corrected chi connectivity index (χ1v) is 6.38. The number of aryl methyl sites for hydroxylation is 1. The van der Waals surface area contributed by atoms with Crippen molar-refractivity contribution in [3.8, 4) is 0 Å². The van der Waals surface area contributed by atoms with Crippen molar-refractivity contribution in [3.63, 3.8) is 0 Å². The highest BCUT2D eigenvalue weighted by atomic mass is 19.1. The third-order valence-corrected chi connectivity index (χ3v) is 3.66. The van der Waals surface area contributed by atoms with Crippen LogP contribution in [0, 0.1) is 11.6 Å². The normalized spacial score (nSPS) is 18.2. The minimum atomic E-state index is -0.559. The van der Waals surface area contributed by atoms with Gasteiger partial charge in [0.05, 0.1) is 12.2 Å². The Hall–Kier alpha value is -1.91. The molecule has 2 aromatic rings. The lowest BCUT2D eigenvalue weighted by Gasteiger charge is -2.25. The molecule has 0 aliphatic heterocycles. The molecule has 0 fully saturated rings. The van der Waals surface area contributed by atoms with Crippen LogP contribution in [0.2, 0.25) is 0 Å². The lowest BCUT2D eigenvalue weighted by molar-refractivity contribution is 0.550. The van der Waals surface area contributed by atoms with Gasteiger partial charge in [0, 0.05) is 18.3 Å². The molecule has 100 valence electrons. The Morgan fingerprint density at radius 3 is 2.79 bits per heavy atom. The molecule has 5 heteroatoms. The molecule has 0 spiro atoms. The van der Waals surface area contributed by atoms with E-state index in [0.29, 0.717) is 0 Å². The zero-order valence-electron chi connectivity index (χ0n) is 10.7. The molecule has 1 heterocycles. The van der Waals surface area contributed by atoms with Crippen molar-refractivity contribution >= 4 is 5.69 Å². The molecular formula is C14H15F2N3. The fourth-order valence-corrected chi connectivity index (χ4v) is 2.67. The number of rotatable bonds is 2. The maximum Gasteiger partial charge on any atom is 0.149 e. The Morgan fingerprint density at radius 2 is 2.05 bits per heavy atom. The molecule has 1 aromatic heterocycles. The Labute approximate surface area is 110 Å². The van der Waals surface area contributed by atoms with Crippen LogP contribution in [0.1, 0.15) is 30.1 Å². The van der Waals surface area contributed by atoms with Crippen molar-refractivity contribution in [2.24, 2.45) is 7.05 Å². The van der Waals surface area contributed by atoms with Crippen LogP contribution in [0.25, 0.3) is 0 Å². The number of benzene rings is 1. The van der Waals surface area contributed by atoms with Gasteiger partial charge in [0.25, 0.3) is 0 Å². The number of aromatic nitrogens is 2. The lowest BCUT2D eigenvalue weighted by atomic mass is 9.93. The summed E-state index contributed by atoms with van der Waals surface area (Å²) in [4.78, 5) is 0. The Morgan fingerprint density at radius 1 is 1.32 bits per heavy atom. The summed E-state index contributed by atoms with van der Waals surface area (Å²) in [6, 6.07) is 3.81. The maximum atomic E-state index is 13.7. The molecule has 3 nitrogen and oxygen atoms in total. The topological polar surface area (TPSA) is 29.9 Å². The summed E-state index contributed by atoms with van der Waals surface area (Å²) in [7, 11) is 1.89. The minimum absolute atomic E-state index is 0.0517. The zero-order chi connectivity index (χ0) is 13.4. The minimum Gasteiger partial charge on any atom is -0.373 e. The molecule has 1 unspecified atom stereocenters. The van der Waals surface area contributed by atoms with Gasteiger partial charge in [-0.3, -0.25) is 4.68 Å². The quantitative estimate of drug-likeness (QED) is 0.901. The van der Waals surface area contributed by atoms with Crippen LogP contribution in [0.4, 0.5) is 14.5 Å². The van der Waals surface area contributed by atoms with Crippen LogP contribution in [-0.2, 0) is 13.5 Å². The van der Waals surface area contributed by atoms with E-state index < -0.39 is 11.6 Å². The van der Waals surface area contributed by atoms with Crippen LogP contribution in [0.5, 0.6) is 0 Å². The van der Waals surface area contributed by atoms with E-state index in [1.807, 2.05) is 11.7 Å². The summed E-state index contributed by atoms with van der Waals surface area (Å²) in [5.41, 5.74) is 2.13. The van der Waals surface area contributed by atoms with Gasteiger partial charge in [-0.05, 0) is 31.4 Å². The highest BCUT2D eigenvalue weighted by Crippen LogP contribution is 2.33. The van der Waals surface area contributed by atoms with Crippen LogP contribution >= 0.6 is 0 Å². The van der Waals surface area contributed by atoms with Gasteiger partial charge in [0.15, 0.2) is 0 Å². The van der Waals surface area contributed by atoms with Gasteiger partial charge in [0.2, 0.25) is 0 Å². The molecule has 0 radical (unpaired) electrons. The van der Waals surface area contributed by atoms with Gasteiger partial charge in [-0.2, -0.15) is 5.10 Å². The SMILES string of the molecule is Cn1ncc2c1CCCC2Nc1c(F)cccc1F. The van der Waals surface area contributed by atoms with E-state index in [4.69, 9.17) is 0 Å². The predicted octanol–water partition coefficient (Wildman–Crippen LogP) is 3.19. The van der Waals surface area contributed by atoms with Crippen molar-refractivity contribution in [1.82, 2.24) is 9.78 Å². The second kappa shape index (κ2) is 4.64. The molecular weight excluding hydrogens is 248 g/mol. The summed E-state index contributed by atoms with van der Waals surface area (Å²) in [6.07, 6.45) is 4.58. The van der Waals surface area contributed by atoms with Gasteiger partial charge >= 0.3 is 0 Å². The van der Waals surface area contributed by atoms with E-state index >= 15 is 0 Å². The molecule has 1 aromatic carbocycles. The number of halogens is 2. The summed E-state index contributed by atoms with van der Waals surface area (Å²) in [5.74, 6) is -1.12. The average Bonchev–Trinajstić information content (AvgIpc) is 2.77. The van der Waals surface area contributed by atoms with Crippen molar-refractivity contribution in [3.05, 3.63) is 47.3 Å². The van der Waals surface area contributed by atoms with Crippen molar-refractivity contribution in [1.29, 1.82) is 0 Å². The molecule has 0 bridgehead atoms. The molecule has 1 aliphatic rings. The van der Waals surface area contributed by atoms with Gasteiger partial charge in [-0.1, -0.05) is 6.07 Å². The van der Waals surface area contributed by atoms with E-state index in [2.05, 4.69) is 10.4 Å². The number of nitrogens with one attached hydrogen (secondary N) is 1. The third kappa shape index (κ3) is 2.09. The molecule has 0 saturated carbocycles. The summed E-state index contributed by atoms with van der Waals surface area (Å²) >= 11 is 0. The maximum absolute atomic E-state index is 13.7. The van der Waals surface area contributed by atoms with E-state index in [1.54, 1.807) is 6.20 Å².